The van der Waals surface area contributed by atoms with Gasteiger partial charge in [0.1, 0.15) is 53.4 Å². The fourth-order valence-electron chi connectivity index (χ4n) is 18.9. The van der Waals surface area contributed by atoms with Crippen molar-refractivity contribution in [2.24, 2.45) is 0 Å². The molecule has 0 amide bonds. The Hall–Kier alpha value is -5.49. The summed E-state index contributed by atoms with van der Waals surface area (Å²) < 4.78 is 93.5. The molecule has 10 aliphatic rings. The number of piperidine rings is 5. The van der Waals surface area contributed by atoms with Crippen molar-refractivity contribution in [3.8, 4) is 37.0 Å². The normalized spacial score (nSPS) is 31.6. The van der Waals surface area contributed by atoms with E-state index in [2.05, 4.69) is 91.8 Å². The lowest BCUT2D eigenvalue weighted by Gasteiger charge is -2.47. The number of aliphatic hydroxyl groups excluding tert-OH is 4. The number of aromatic nitrogens is 6. The highest BCUT2D eigenvalue weighted by molar-refractivity contribution is 7.18. The highest BCUT2D eigenvalue weighted by atomic mass is 35.5. The van der Waals surface area contributed by atoms with Gasteiger partial charge in [-0.2, -0.15) is 17.6 Å². The summed E-state index contributed by atoms with van der Waals surface area (Å²) in [5.74, 6) is 2.23. The Balaban J connectivity index is 0.000000119. The van der Waals surface area contributed by atoms with Crippen LogP contribution in [-0.2, 0) is 96.3 Å². The maximum atomic E-state index is 14.5. The monoisotopic (exact) mass is 1840 g/mol. The Morgan fingerprint density at radius 2 is 0.775 bits per heavy atom. The van der Waals surface area contributed by atoms with Gasteiger partial charge in [-0.1, -0.05) is 135 Å². The summed E-state index contributed by atoms with van der Waals surface area (Å²) in [4.78, 5) is 4.43. The number of nitrogens with one attached hydrogen (secondary N) is 5. The second-order valence-electron chi connectivity index (χ2n) is 33.1. The summed E-state index contributed by atoms with van der Waals surface area (Å²) in [6, 6.07) is 24.7. The van der Waals surface area contributed by atoms with Gasteiger partial charge in [-0.05, 0) is 131 Å². The average molecular weight is 1840 g/mol. The molecule has 0 aliphatic carbocycles. The molecule has 640 valence electrons. The molecule has 20 nitrogen and oxygen atoms in total. The van der Waals surface area contributed by atoms with E-state index in [0.717, 1.165) is 104 Å². The second kappa shape index (κ2) is 36.5. The third-order valence-electron chi connectivity index (χ3n) is 23.9. The van der Waals surface area contributed by atoms with Crippen LogP contribution in [0.15, 0.2) is 91.3 Å². The molecule has 34 heteroatoms. The van der Waals surface area contributed by atoms with Crippen LogP contribution in [0.1, 0.15) is 209 Å². The lowest BCUT2D eigenvalue weighted by atomic mass is 9.78. The van der Waals surface area contributed by atoms with E-state index in [0.29, 0.717) is 84.9 Å². The molecule has 120 heavy (non-hydrogen) atoms. The number of thiophene rings is 5. The molecule has 10 aliphatic heterocycles. The molecule has 9 N–H and O–H groups in total. The zero-order valence-corrected chi connectivity index (χ0v) is 74.3. The zero-order valence-electron chi connectivity index (χ0n) is 66.4. The molecule has 0 saturated carbocycles. The van der Waals surface area contributed by atoms with Crippen LogP contribution in [0.3, 0.4) is 0 Å². The van der Waals surface area contributed by atoms with E-state index in [-0.39, 0.29) is 90.9 Å². The predicted octanol–water partition coefficient (Wildman–Crippen LogP) is 16.5. The van der Waals surface area contributed by atoms with Crippen LogP contribution in [-0.4, -0.2) is 132 Å². The Morgan fingerprint density at radius 1 is 0.442 bits per heavy atom. The van der Waals surface area contributed by atoms with Crippen molar-refractivity contribution in [1.82, 2.24) is 56.6 Å². The van der Waals surface area contributed by atoms with Crippen LogP contribution in [0.4, 0.5) is 17.6 Å². The number of fused-ring (bicyclic) bond motifs is 10. The summed E-state index contributed by atoms with van der Waals surface area (Å²) in [5.41, 5.74) is 5.97. The first kappa shape index (κ1) is 89.3. The molecule has 5 fully saturated rings. The summed E-state index contributed by atoms with van der Waals surface area (Å²) in [6.45, 7) is 11.7. The predicted molar refractivity (Wildman–Crippen MR) is 462 cm³/mol. The number of benzene rings is 2. The van der Waals surface area contributed by atoms with E-state index >= 15 is 0 Å². The molecule has 5 spiro atoms. The lowest BCUT2D eigenvalue weighted by Crippen LogP contribution is -2.54. The molecule has 0 bridgehead atoms. The van der Waals surface area contributed by atoms with Crippen LogP contribution in [0, 0.1) is 37.0 Å². The molecule has 9 aromatic rings. The zero-order chi connectivity index (χ0) is 85.0. The van der Waals surface area contributed by atoms with Crippen molar-refractivity contribution < 1.29 is 61.7 Å². The molecule has 0 radical (unpaired) electrons. The SMILES string of the molecule is C#C[C@@H]1C[C@]2(C[C@H](C)N1)OCC(F)(F)c1cc(Cl)sc12.C#C[C@@H]1C[C@]2(C[C@H](C)N1)OCCc1cc(Cl)sc12.C#C[C@@H]1C[C@]2(C[C@H](C)N1)OC[C@@H](O)c1cc(Cl)sc12.C[C@H]1C[C@@]2(C[C@@H](c3cn(Cc4ccc(CO)cc4)nn3)N1)OCC(F)(F)c1cc(Cl)sc12.C[C@H]1C[C@@]2(C[C@@H](c3cn(Cc4ccc(CO)cc4)nn3)N1)OC[C@@H](O)c1cc(Cl)sc12. The van der Waals surface area contributed by atoms with E-state index in [9.17, 15) is 38.0 Å². The highest BCUT2D eigenvalue weighted by Gasteiger charge is 2.57. The maximum Gasteiger partial charge on any atom is 0.297 e. The number of ether oxygens (including phenoxy) is 5. The number of hydrogen-bond donors (Lipinski definition) is 9. The van der Waals surface area contributed by atoms with Crippen LogP contribution in [0.25, 0.3) is 0 Å². The highest BCUT2D eigenvalue weighted by Crippen LogP contribution is 2.58. The van der Waals surface area contributed by atoms with Gasteiger partial charge < -0.3 is 70.7 Å². The largest absolute Gasteiger partial charge is 0.392 e. The third-order valence-corrected chi connectivity index (χ3v) is 31.2. The van der Waals surface area contributed by atoms with Crippen LogP contribution >= 0.6 is 115 Å². The number of aliphatic hydroxyl groups is 4. The van der Waals surface area contributed by atoms with Crippen molar-refractivity contribution in [2.45, 2.75) is 244 Å². The number of hydrogen-bond acceptors (Lipinski definition) is 23. The van der Waals surface area contributed by atoms with E-state index in [4.69, 9.17) is 101 Å². The first-order valence-electron chi connectivity index (χ1n) is 39.9. The van der Waals surface area contributed by atoms with Crippen molar-refractivity contribution >= 4 is 115 Å². The third kappa shape index (κ3) is 19.0. The minimum Gasteiger partial charge on any atom is -0.392 e. The minimum atomic E-state index is -3.04. The molecule has 2 aromatic carbocycles. The van der Waals surface area contributed by atoms with Gasteiger partial charge in [0.15, 0.2) is 0 Å². The fourth-order valence-corrected chi connectivity index (χ4v) is 26.1. The van der Waals surface area contributed by atoms with Gasteiger partial charge >= 0.3 is 0 Å². The first-order chi connectivity index (χ1) is 57.3. The maximum absolute atomic E-state index is 14.5. The number of nitrogens with zero attached hydrogens (tertiary/aromatic N) is 6. The van der Waals surface area contributed by atoms with Gasteiger partial charge in [-0.3, -0.25) is 0 Å². The molecule has 19 rings (SSSR count). The molecule has 17 heterocycles. The lowest BCUT2D eigenvalue weighted by molar-refractivity contribution is -0.183. The van der Waals surface area contributed by atoms with E-state index < -0.39 is 59.7 Å². The van der Waals surface area contributed by atoms with Crippen LogP contribution < -0.4 is 26.6 Å². The second-order valence-corrected chi connectivity index (χ2v) is 41.6. The first-order valence-corrected chi connectivity index (χ1v) is 45.9. The smallest absolute Gasteiger partial charge is 0.297 e. The Morgan fingerprint density at radius 3 is 1.18 bits per heavy atom. The molecule has 17 atom stereocenters. The van der Waals surface area contributed by atoms with Crippen molar-refractivity contribution in [1.29, 1.82) is 0 Å². The summed E-state index contributed by atoms with van der Waals surface area (Å²) >= 11 is 37.7. The van der Waals surface area contributed by atoms with Crippen molar-refractivity contribution in [2.75, 3.05) is 33.0 Å². The average Bonchev–Trinajstić information content (AvgIpc) is 1.49. The quantitative estimate of drug-likeness (QED) is 0.0507. The van der Waals surface area contributed by atoms with E-state index in [1.807, 2.05) is 91.6 Å². The van der Waals surface area contributed by atoms with Gasteiger partial charge in [0.25, 0.3) is 11.8 Å². The van der Waals surface area contributed by atoms with Crippen LogP contribution in [0.5, 0.6) is 0 Å². The van der Waals surface area contributed by atoms with E-state index in [1.54, 1.807) is 16.0 Å². The number of halogens is 9. The molecule has 0 unspecified atom stereocenters. The molecular formula is C86H94Cl5F4N11O9S5. The Bertz CT molecular complexity index is 5260. The summed E-state index contributed by atoms with van der Waals surface area (Å²) in [5, 5.41) is 73.4. The Labute approximate surface area is 740 Å². The fraction of sp³-hybridized carbons (Fsp3) is 0.512. The molecular weight excluding hydrogens is 1740 g/mol. The number of alkyl halides is 4. The Kier molecular flexibility index (Phi) is 27.1. The molecule has 5 saturated heterocycles. The van der Waals surface area contributed by atoms with Gasteiger partial charge in [-0.25, -0.2) is 9.36 Å². The van der Waals surface area contributed by atoms with Crippen LogP contribution in [0.2, 0.25) is 21.7 Å². The summed E-state index contributed by atoms with van der Waals surface area (Å²) in [6.07, 6.45) is 27.3. The standard InChI is InChI=1S/C22H23ClF2N4O2S.C22H25ClN4O3S.C14H14ClF2NOS.C14H16ClNO2S.C14H16ClNOS/c1-13-7-21(20-16(6-19(23)32-20)22(24,25)12-31-21)8-17(26-13)18-10-29(28-27-18)9-14-2-4-15(11-30)5-3-14;1-13-7-22(21-16(6-20(23)31-21)19(29)12-30-22)8-17(24-13)18-10-27(26-25-18)9-14-2-4-15(11-28)5-3-14;1-3-9-6-13(5-8(2)18-9)12-10(4-11(15)20-12)14(16,17)7-19-13;1-3-9-6-14(5-8(2)16-9)13-10(4-12(15)19-13)11(17)7-18-14;1-3-11-8-14(7-9(2)16-11)13-10(4-5-17-14)6-12(15)18-13/h2-6,10,13,17,26,30H,7-9,11-12H2,1H3;2-6,10,13,17,19,24,28-29H,7-9,11-12H2,1H3;1,4,8-9,18H,5-7H2,2H3;1,4,8-9,11,16-17H,5-7H2,2H3;1,6,9,11,16H,4-5,7-8H2,2H3/t13-,17-,21-;13-,17-,19+,22-;8-,9+,13-;8-,9+,11+,14-;9-,11+,14-/m00000/s1. The number of terminal acetylenes is 3. The van der Waals surface area contributed by atoms with Crippen molar-refractivity contribution in [3.63, 3.8) is 0 Å². The summed E-state index contributed by atoms with van der Waals surface area (Å²) in [7, 11) is 0. The van der Waals surface area contributed by atoms with Crippen molar-refractivity contribution in [3.05, 3.63) is 199 Å². The molecule has 7 aromatic heterocycles. The topological polar surface area (TPSA) is 249 Å². The number of rotatable bonds is 8. The van der Waals surface area contributed by atoms with Gasteiger partial charge in [0.05, 0.1) is 122 Å². The van der Waals surface area contributed by atoms with Gasteiger partial charge in [-0.15, -0.1) is 86.2 Å². The van der Waals surface area contributed by atoms with E-state index in [1.165, 1.54) is 67.9 Å². The van der Waals surface area contributed by atoms with Gasteiger partial charge in [0.2, 0.25) is 0 Å². The van der Waals surface area contributed by atoms with Gasteiger partial charge in [0, 0.05) is 109 Å². The minimum absolute atomic E-state index is 0.00335.